The van der Waals surface area contributed by atoms with Gasteiger partial charge in [0.1, 0.15) is 0 Å². The van der Waals surface area contributed by atoms with Gasteiger partial charge in [0.05, 0.1) is 4.90 Å². The van der Waals surface area contributed by atoms with Gasteiger partial charge in [0.25, 0.3) is 0 Å². The largest absolute Gasteiger partial charge is 0.242 e. The Bertz CT molecular complexity index is 488. The lowest BCUT2D eigenvalue weighted by atomic mass is 10.1. The van der Waals surface area contributed by atoms with E-state index < -0.39 is 10.0 Å². The van der Waals surface area contributed by atoms with Crippen molar-refractivity contribution in [1.82, 2.24) is 4.31 Å². The standard InChI is InChI=1S/C13H20ClNO2S/c1-4-11(2)10-15(3)18(16,17)13-7-5-6-12(8-13)9-14/h5-8,11H,4,9-10H2,1-3H3. The molecule has 0 fully saturated rings. The summed E-state index contributed by atoms with van der Waals surface area (Å²) in [5, 5.41) is 0. The van der Waals surface area contributed by atoms with Crippen LogP contribution in [0.4, 0.5) is 0 Å². The van der Waals surface area contributed by atoms with Crippen LogP contribution in [0.1, 0.15) is 25.8 Å². The van der Waals surface area contributed by atoms with Gasteiger partial charge in [-0.1, -0.05) is 32.4 Å². The molecule has 18 heavy (non-hydrogen) atoms. The van der Waals surface area contributed by atoms with E-state index in [0.29, 0.717) is 23.2 Å². The zero-order valence-electron chi connectivity index (χ0n) is 11.1. The van der Waals surface area contributed by atoms with Crippen molar-refractivity contribution in [3.63, 3.8) is 0 Å². The molecule has 0 radical (unpaired) electrons. The maximum atomic E-state index is 12.3. The molecule has 1 atom stereocenters. The van der Waals surface area contributed by atoms with E-state index in [1.807, 2.05) is 13.0 Å². The Labute approximate surface area is 115 Å². The minimum atomic E-state index is -3.40. The fraction of sp³-hybridized carbons (Fsp3) is 0.538. The van der Waals surface area contributed by atoms with E-state index in [-0.39, 0.29) is 0 Å². The molecular formula is C13H20ClNO2S. The van der Waals surface area contributed by atoms with E-state index >= 15 is 0 Å². The summed E-state index contributed by atoms with van der Waals surface area (Å²) in [5.41, 5.74) is 0.815. The Morgan fingerprint density at radius 1 is 1.39 bits per heavy atom. The van der Waals surface area contributed by atoms with Gasteiger partial charge in [-0.3, -0.25) is 0 Å². The predicted molar refractivity (Wildman–Crippen MR) is 75.3 cm³/mol. The van der Waals surface area contributed by atoms with Crippen LogP contribution < -0.4 is 0 Å². The molecular weight excluding hydrogens is 270 g/mol. The summed E-state index contributed by atoms with van der Waals surface area (Å²) in [7, 11) is -1.78. The molecule has 0 heterocycles. The second-order valence-electron chi connectivity index (χ2n) is 4.58. The summed E-state index contributed by atoms with van der Waals surface area (Å²) in [6, 6.07) is 6.79. The number of hydrogen-bond acceptors (Lipinski definition) is 2. The van der Waals surface area contributed by atoms with Crippen molar-refractivity contribution in [2.45, 2.75) is 31.0 Å². The van der Waals surface area contributed by atoms with Crippen LogP contribution in [0, 0.1) is 5.92 Å². The number of benzene rings is 1. The van der Waals surface area contributed by atoms with Gasteiger partial charge in [-0.25, -0.2) is 12.7 Å². The molecule has 5 heteroatoms. The molecule has 0 N–H and O–H groups in total. The van der Waals surface area contributed by atoms with Crippen LogP contribution in [0.3, 0.4) is 0 Å². The molecule has 1 unspecified atom stereocenters. The molecule has 0 aliphatic heterocycles. The molecule has 0 saturated carbocycles. The van der Waals surface area contributed by atoms with Crippen molar-refractivity contribution in [2.24, 2.45) is 5.92 Å². The first kappa shape index (κ1) is 15.5. The molecule has 1 rings (SSSR count). The maximum Gasteiger partial charge on any atom is 0.242 e. The van der Waals surface area contributed by atoms with Crippen LogP contribution in [0.25, 0.3) is 0 Å². The fourth-order valence-electron chi connectivity index (χ4n) is 1.64. The quantitative estimate of drug-likeness (QED) is 0.755. The summed E-state index contributed by atoms with van der Waals surface area (Å²) in [6.45, 7) is 4.63. The zero-order valence-corrected chi connectivity index (χ0v) is 12.6. The van der Waals surface area contributed by atoms with E-state index in [2.05, 4.69) is 6.92 Å². The van der Waals surface area contributed by atoms with Gasteiger partial charge in [0.2, 0.25) is 10.0 Å². The van der Waals surface area contributed by atoms with Crippen LogP contribution in [0.15, 0.2) is 29.2 Å². The summed E-state index contributed by atoms with van der Waals surface area (Å²) < 4.78 is 26.1. The zero-order chi connectivity index (χ0) is 13.8. The van der Waals surface area contributed by atoms with Crippen LogP contribution in [-0.2, 0) is 15.9 Å². The van der Waals surface area contributed by atoms with Crippen LogP contribution >= 0.6 is 11.6 Å². The first-order valence-corrected chi connectivity index (χ1v) is 8.00. The molecule has 1 aromatic rings. The molecule has 0 spiro atoms. The second-order valence-corrected chi connectivity index (χ2v) is 6.89. The van der Waals surface area contributed by atoms with Crippen molar-refractivity contribution in [3.05, 3.63) is 29.8 Å². The van der Waals surface area contributed by atoms with Gasteiger partial charge >= 0.3 is 0 Å². The number of halogens is 1. The highest BCUT2D eigenvalue weighted by Gasteiger charge is 2.21. The average molecular weight is 290 g/mol. The lowest BCUT2D eigenvalue weighted by Gasteiger charge is -2.20. The molecule has 0 saturated heterocycles. The first-order valence-electron chi connectivity index (χ1n) is 6.03. The number of rotatable bonds is 6. The van der Waals surface area contributed by atoms with Gasteiger partial charge in [-0.15, -0.1) is 11.6 Å². The predicted octanol–water partition coefficient (Wildman–Crippen LogP) is 3.09. The Balaban J connectivity index is 2.97. The Hall–Kier alpha value is -0.580. The maximum absolute atomic E-state index is 12.3. The normalized spacial score (nSPS) is 13.8. The van der Waals surface area contributed by atoms with Crippen LogP contribution in [-0.4, -0.2) is 26.3 Å². The highest BCUT2D eigenvalue weighted by molar-refractivity contribution is 7.89. The van der Waals surface area contributed by atoms with Crippen LogP contribution in [0.5, 0.6) is 0 Å². The van der Waals surface area contributed by atoms with Gasteiger partial charge in [0.15, 0.2) is 0 Å². The van der Waals surface area contributed by atoms with Crippen molar-refractivity contribution < 1.29 is 8.42 Å². The van der Waals surface area contributed by atoms with Gasteiger partial charge in [-0.2, -0.15) is 0 Å². The number of hydrogen-bond donors (Lipinski definition) is 0. The minimum absolute atomic E-state index is 0.312. The van der Waals surface area contributed by atoms with Gasteiger partial charge in [0, 0.05) is 19.5 Å². The van der Waals surface area contributed by atoms with Crippen molar-refractivity contribution in [1.29, 1.82) is 0 Å². The van der Waals surface area contributed by atoms with Crippen molar-refractivity contribution >= 4 is 21.6 Å². The number of alkyl halides is 1. The second kappa shape index (κ2) is 6.55. The fourth-order valence-corrected chi connectivity index (χ4v) is 3.16. The molecule has 0 aliphatic rings. The molecule has 0 amide bonds. The third kappa shape index (κ3) is 3.70. The summed E-state index contributed by atoms with van der Waals surface area (Å²) in [6.07, 6.45) is 0.960. The molecule has 1 aromatic carbocycles. The monoisotopic (exact) mass is 289 g/mol. The summed E-state index contributed by atoms with van der Waals surface area (Å²) >= 11 is 5.73. The minimum Gasteiger partial charge on any atom is -0.207 e. The van der Waals surface area contributed by atoms with E-state index in [1.54, 1.807) is 25.2 Å². The molecule has 0 bridgehead atoms. The van der Waals surface area contributed by atoms with E-state index in [0.717, 1.165) is 12.0 Å². The summed E-state index contributed by atoms with van der Waals surface area (Å²) in [4.78, 5) is 0.312. The Kier molecular flexibility index (Phi) is 5.63. The lowest BCUT2D eigenvalue weighted by Crippen LogP contribution is -2.31. The molecule has 102 valence electrons. The number of sulfonamides is 1. The first-order chi connectivity index (χ1) is 8.41. The van der Waals surface area contributed by atoms with E-state index in [1.165, 1.54) is 4.31 Å². The Morgan fingerprint density at radius 2 is 2.06 bits per heavy atom. The molecule has 0 aliphatic carbocycles. The third-order valence-corrected chi connectivity index (χ3v) is 5.15. The SMILES string of the molecule is CCC(C)CN(C)S(=O)(=O)c1cccc(CCl)c1. The topological polar surface area (TPSA) is 37.4 Å². The smallest absolute Gasteiger partial charge is 0.207 e. The number of nitrogens with zero attached hydrogens (tertiary/aromatic N) is 1. The van der Waals surface area contributed by atoms with Gasteiger partial charge < -0.3 is 0 Å². The summed E-state index contributed by atoms with van der Waals surface area (Å²) in [5.74, 6) is 0.666. The van der Waals surface area contributed by atoms with Crippen molar-refractivity contribution in [3.8, 4) is 0 Å². The third-order valence-electron chi connectivity index (χ3n) is 3.03. The highest BCUT2D eigenvalue weighted by atomic mass is 35.5. The van der Waals surface area contributed by atoms with Gasteiger partial charge in [-0.05, 0) is 23.6 Å². The molecule has 3 nitrogen and oxygen atoms in total. The average Bonchev–Trinajstić information content (AvgIpc) is 2.38. The van der Waals surface area contributed by atoms with E-state index in [9.17, 15) is 8.42 Å². The lowest BCUT2D eigenvalue weighted by molar-refractivity contribution is 0.393. The highest BCUT2D eigenvalue weighted by Crippen LogP contribution is 2.18. The molecule has 0 aromatic heterocycles. The van der Waals surface area contributed by atoms with Crippen LogP contribution in [0.2, 0.25) is 0 Å². The van der Waals surface area contributed by atoms with E-state index in [4.69, 9.17) is 11.6 Å². The van der Waals surface area contributed by atoms with Crippen molar-refractivity contribution in [2.75, 3.05) is 13.6 Å². The Morgan fingerprint density at radius 3 is 2.61 bits per heavy atom.